The molecule has 0 heterocycles. The molecule has 2 N–H and O–H groups in total. The van der Waals surface area contributed by atoms with Crippen molar-refractivity contribution in [3.63, 3.8) is 0 Å². The van der Waals surface area contributed by atoms with Gasteiger partial charge in [-0.1, -0.05) is 42.8 Å². The lowest BCUT2D eigenvalue weighted by Gasteiger charge is -2.13. The Morgan fingerprint density at radius 3 is 2.50 bits per heavy atom. The lowest BCUT2D eigenvalue weighted by atomic mass is 10.0. The molecule has 0 saturated heterocycles. The summed E-state index contributed by atoms with van der Waals surface area (Å²) >= 11 is 0. The van der Waals surface area contributed by atoms with Gasteiger partial charge in [0.25, 0.3) is 0 Å². The fourth-order valence-electron chi connectivity index (χ4n) is 1.74. The summed E-state index contributed by atoms with van der Waals surface area (Å²) in [5.74, 6) is 0.120. The van der Waals surface area contributed by atoms with E-state index in [4.69, 9.17) is 0 Å². The van der Waals surface area contributed by atoms with Crippen molar-refractivity contribution in [1.82, 2.24) is 0 Å². The molecule has 0 amide bonds. The van der Waals surface area contributed by atoms with Gasteiger partial charge in [-0.15, -0.1) is 6.58 Å². The van der Waals surface area contributed by atoms with Crippen molar-refractivity contribution in [2.24, 2.45) is 0 Å². The van der Waals surface area contributed by atoms with Crippen LogP contribution in [0.25, 0.3) is 0 Å². The molecular weight excluding hydrogens is 228 g/mol. The summed E-state index contributed by atoms with van der Waals surface area (Å²) in [5, 5.41) is 18.8. The van der Waals surface area contributed by atoms with E-state index in [0.29, 0.717) is 25.7 Å². The van der Waals surface area contributed by atoms with Crippen LogP contribution in [0.1, 0.15) is 36.0 Å². The maximum Gasteiger partial charge on any atom is 0.162 e. The summed E-state index contributed by atoms with van der Waals surface area (Å²) < 4.78 is 0. The van der Waals surface area contributed by atoms with Gasteiger partial charge < -0.3 is 10.2 Å². The van der Waals surface area contributed by atoms with E-state index < -0.39 is 12.2 Å². The van der Waals surface area contributed by atoms with E-state index in [9.17, 15) is 15.0 Å². The van der Waals surface area contributed by atoms with E-state index >= 15 is 0 Å². The van der Waals surface area contributed by atoms with E-state index in [1.54, 1.807) is 12.1 Å². The Morgan fingerprint density at radius 1 is 1.22 bits per heavy atom. The van der Waals surface area contributed by atoms with Gasteiger partial charge in [0.05, 0.1) is 12.2 Å². The van der Waals surface area contributed by atoms with Crippen LogP contribution in [0, 0.1) is 0 Å². The summed E-state index contributed by atoms with van der Waals surface area (Å²) in [5.41, 5.74) is 0.726. The molecule has 0 aliphatic rings. The predicted molar refractivity (Wildman–Crippen MR) is 71.5 cm³/mol. The number of aliphatic hydroxyl groups is 2. The number of carbonyl (C=O) groups excluding carboxylic acids is 1. The monoisotopic (exact) mass is 248 g/mol. The summed E-state index contributed by atoms with van der Waals surface area (Å²) in [4.78, 5) is 11.8. The third-order valence-corrected chi connectivity index (χ3v) is 2.89. The van der Waals surface area contributed by atoms with Gasteiger partial charge in [0, 0.05) is 12.0 Å². The highest BCUT2D eigenvalue weighted by Crippen LogP contribution is 2.11. The second-order valence-electron chi connectivity index (χ2n) is 4.33. The van der Waals surface area contributed by atoms with E-state index in [-0.39, 0.29) is 5.78 Å². The average molecular weight is 248 g/mol. The number of benzene rings is 1. The molecule has 18 heavy (non-hydrogen) atoms. The van der Waals surface area contributed by atoms with Crippen LogP contribution >= 0.6 is 0 Å². The van der Waals surface area contributed by atoms with E-state index in [1.165, 1.54) is 6.08 Å². The second-order valence-corrected chi connectivity index (χ2v) is 4.33. The molecule has 0 spiro atoms. The van der Waals surface area contributed by atoms with Crippen molar-refractivity contribution in [1.29, 1.82) is 0 Å². The number of unbranched alkanes of at least 4 members (excludes halogenated alkanes) is 1. The molecule has 0 bridgehead atoms. The average Bonchev–Trinajstić information content (AvgIpc) is 2.43. The first-order valence-electron chi connectivity index (χ1n) is 6.22. The third kappa shape index (κ3) is 4.82. The Labute approximate surface area is 108 Å². The van der Waals surface area contributed by atoms with Crippen molar-refractivity contribution >= 4 is 5.78 Å². The van der Waals surface area contributed by atoms with Crippen molar-refractivity contribution in [2.45, 2.75) is 37.9 Å². The minimum absolute atomic E-state index is 0.120. The molecule has 1 rings (SSSR count). The smallest absolute Gasteiger partial charge is 0.162 e. The standard InChI is InChI=1S/C15H20O3/c1-2-13(16)15(18)11-7-6-10-14(17)12-8-4-3-5-9-12/h2-5,8-9,13,15-16,18H,1,6-7,10-11H2/t13-,15+/m1/s1. The first-order valence-corrected chi connectivity index (χ1v) is 6.22. The molecule has 1 aromatic carbocycles. The number of aliphatic hydroxyl groups excluding tert-OH is 2. The number of rotatable bonds is 8. The Hall–Kier alpha value is -1.45. The molecule has 2 atom stereocenters. The molecule has 3 heteroatoms. The summed E-state index contributed by atoms with van der Waals surface area (Å²) in [7, 11) is 0. The largest absolute Gasteiger partial charge is 0.390 e. The molecule has 0 unspecified atom stereocenters. The van der Waals surface area contributed by atoms with Crippen molar-refractivity contribution in [3.8, 4) is 0 Å². The van der Waals surface area contributed by atoms with E-state index in [1.807, 2.05) is 18.2 Å². The number of ketones is 1. The van der Waals surface area contributed by atoms with Crippen LogP contribution in [-0.4, -0.2) is 28.2 Å². The Kier molecular flexibility index (Phi) is 6.33. The molecule has 0 aromatic heterocycles. The summed E-state index contributed by atoms with van der Waals surface area (Å²) in [6.07, 6.45) is 2.04. The van der Waals surface area contributed by atoms with Gasteiger partial charge in [0.2, 0.25) is 0 Å². The van der Waals surface area contributed by atoms with Crippen LogP contribution in [0.15, 0.2) is 43.0 Å². The van der Waals surface area contributed by atoms with Gasteiger partial charge in [0.15, 0.2) is 5.78 Å². The van der Waals surface area contributed by atoms with Crippen LogP contribution < -0.4 is 0 Å². The van der Waals surface area contributed by atoms with Gasteiger partial charge in [-0.25, -0.2) is 0 Å². The Balaban J connectivity index is 2.22. The minimum atomic E-state index is -0.880. The predicted octanol–water partition coefficient (Wildman–Crippen LogP) is 2.34. The highest BCUT2D eigenvalue weighted by atomic mass is 16.3. The fourth-order valence-corrected chi connectivity index (χ4v) is 1.74. The number of Topliss-reactive ketones (excluding diaryl/α,β-unsaturated/α-hetero) is 1. The highest BCUT2D eigenvalue weighted by Gasteiger charge is 2.12. The van der Waals surface area contributed by atoms with Crippen LogP contribution in [0.5, 0.6) is 0 Å². The second kappa shape index (κ2) is 7.80. The summed E-state index contributed by atoms with van der Waals surface area (Å²) in [6.45, 7) is 3.41. The number of carbonyl (C=O) groups is 1. The van der Waals surface area contributed by atoms with Crippen LogP contribution in [0.4, 0.5) is 0 Å². The molecule has 0 fully saturated rings. The van der Waals surface area contributed by atoms with Gasteiger partial charge in [-0.3, -0.25) is 4.79 Å². The zero-order chi connectivity index (χ0) is 13.4. The Bertz CT molecular complexity index is 373. The van der Waals surface area contributed by atoms with Gasteiger partial charge in [-0.2, -0.15) is 0 Å². The molecular formula is C15H20O3. The number of hydrogen-bond donors (Lipinski definition) is 2. The molecule has 1 aromatic rings. The molecule has 0 aliphatic heterocycles. The first kappa shape index (κ1) is 14.6. The SMILES string of the molecule is C=C[C@@H](O)[C@@H](O)CCCCC(=O)c1ccccc1. The lowest BCUT2D eigenvalue weighted by molar-refractivity contribution is 0.0416. The molecule has 0 saturated carbocycles. The third-order valence-electron chi connectivity index (χ3n) is 2.89. The minimum Gasteiger partial charge on any atom is -0.390 e. The van der Waals surface area contributed by atoms with E-state index in [0.717, 1.165) is 5.56 Å². The van der Waals surface area contributed by atoms with Crippen molar-refractivity contribution in [3.05, 3.63) is 48.6 Å². The maximum atomic E-state index is 11.8. The Morgan fingerprint density at radius 2 is 1.89 bits per heavy atom. The van der Waals surface area contributed by atoms with E-state index in [2.05, 4.69) is 6.58 Å². The highest BCUT2D eigenvalue weighted by molar-refractivity contribution is 5.95. The van der Waals surface area contributed by atoms with Gasteiger partial charge in [-0.05, 0) is 12.8 Å². The topological polar surface area (TPSA) is 57.5 Å². The van der Waals surface area contributed by atoms with Crippen LogP contribution in [-0.2, 0) is 0 Å². The molecule has 0 radical (unpaired) electrons. The van der Waals surface area contributed by atoms with Gasteiger partial charge in [0.1, 0.15) is 0 Å². The van der Waals surface area contributed by atoms with Crippen LogP contribution in [0.2, 0.25) is 0 Å². The van der Waals surface area contributed by atoms with Crippen molar-refractivity contribution < 1.29 is 15.0 Å². The quantitative estimate of drug-likeness (QED) is 0.422. The van der Waals surface area contributed by atoms with Crippen molar-refractivity contribution in [2.75, 3.05) is 0 Å². The molecule has 3 nitrogen and oxygen atoms in total. The number of hydrogen-bond acceptors (Lipinski definition) is 3. The zero-order valence-corrected chi connectivity index (χ0v) is 10.5. The zero-order valence-electron chi connectivity index (χ0n) is 10.5. The lowest BCUT2D eigenvalue weighted by Crippen LogP contribution is -2.23. The maximum absolute atomic E-state index is 11.8. The normalized spacial score (nSPS) is 13.9. The first-order chi connectivity index (χ1) is 8.65. The molecule has 98 valence electrons. The summed E-state index contributed by atoms with van der Waals surface area (Å²) in [6, 6.07) is 9.18. The fraction of sp³-hybridized carbons (Fsp3) is 0.400. The molecule has 0 aliphatic carbocycles. The van der Waals surface area contributed by atoms with Crippen LogP contribution in [0.3, 0.4) is 0 Å². The van der Waals surface area contributed by atoms with Gasteiger partial charge >= 0.3 is 0 Å².